The van der Waals surface area contributed by atoms with Gasteiger partial charge < -0.3 is 38.9 Å². The van der Waals surface area contributed by atoms with Crippen LogP contribution in [0.3, 0.4) is 0 Å². The molecule has 41 heavy (non-hydrogen) atoms. The maximum Gasteiger partial charge on any atom is 0.513 e. The molecule has 1 aromatic carbocycles. The molecule has 3 unspecified atom stereocenters. The number of nitrogens with two attached hydrogens (primary N) is 1. The first-order chi connectivity index (χ1) is 19.2. The Bertz CT molecular complexity index is 997. The molecule has 0 fully saturated rings. The Kier molecular flexibility index (Phi) is 15.6. The van der Waals surface area contributed by atoms with Crippen molar-refractivity contribution in [3.8, 4) is 11.5 Å². The lowest BCUT2D eigenvalue weighted by molar-refractivity contribution is -0.155. The van der Waals surface area contributed by atoms with E-state index >= 15 is 0 Å². The summed E-state index contributed by atoms with van der Waals surface area (Å²) < 4.78 is 36.2. The molecule has 0 spiro atoms. The zero-order valence-corrected chi connectivity index (χ0v) is 25.3. The highest BCUT2D eigenvalue weighted by Crippen LogP contribution is 2.30. The summed E-state index contributed by atoms with van der Waals surface area (Å²) in [7, 11) is 0. The Balaban J connectivity index is 2.94. The summed E-state index contributed by atoms with van der Waals surface area (Å²) in [6.07, 6.45) is -3.14. The summed E-state index contributed by atoms with van der Waals surface area (Å²) in [6, 6.07) is 3.25. The third-order valence-corrected chi connectivity index (χ3v) is 6.10. The second-order valence-corrected chi connectivity index (χ2v) is 10.3. The van der Waals surface area contributed by atoms with Crippen molar-refractivity contribution in [2.24, 2.45) is 17.6 Å². The molecular weight excluding hydrogens is 538 g/mol. The van der Waals surface area contributed by atoms with Gasteiger partial charge in [-0.1, -0.05) is 46.6 Å². The van der Waals surface area contributed by atoms with Crippen LogP contribution >= 0.6 is 0 Å². The first kappa shape index (κ1) is 35.5. The molecule has 1 aromatic rings. The van der Waals surface area contributed by atoms with E-state index in [9.17, 15) is 19.2 Å². The number of hydrogen-bond acceptors (Lipinski definition) is 12. The number of ether oxygens (including phenoxy) is 7. The lowest BCUT2D eigenvalue weighted by Gasteiger charge is -2.22. The lowest BCUT2D eigenvalue weighted by atomic mass is 10.1. The topological polar surface area (TPSA) is 159 Å². The Labute approximate surface area is 242 Å². The van der Waals surface area contributed by atoms with E-state index in [4.69, 9.17) is 38.9 Å². The van der Waals surface area contributed by atoms with E-state index in [0.717, 1.165) is 12.8 Å². The van der Waals surface area contributed by atoms with E-state index in [1.165, 1.54) is 12.1 Å². The summed E-state index contributed by atoms with van der Waals surface area (Å²) in [5, 5.41) is 0. The molecule has 0 saturated carbocycles. The molecule has 12 nitrogen and oxygen atoms in total. The third kappa shape index (κ3) is 14.1. The molecule has 0 aliphatic rings. The lowest BCUT2D eigenvalue weighted by Crippen LogP contribution is -2.39. The van der Waals surface area contributed by atoms with Gasteiger partial charge in [-0.3, -0.25) is 4.79 Å². The van der Waals surface area contributed by atoms with Gasteiger partial charge in [0, 0.05) is 0 Å². The van der Waals surface area contributed by atoms with Gasteiger partial charge in [0.25, 0.3) is 0 Å². The molecule has 1 rings (SSSR count). The predicted octanol–water partition coefficient (Wildman–Crippen LogP) is 5.56. The minimum absolute atomic E-state index is 0.00675. The first-order valence-corrected chi connectivity index (χ1v) is 13.9. The number of rotatable bonds is 15. The normalized spacial score (nSPS) is 14.6. The highest BCUT2D eigenvalue weighted by atomic mass is 16.8. The number of carbonyl (C=O) groups is 4. The van der Waals surface area contributed by atoms with Crippen LogP contribution < -0.4 is 15.2 Å². The van der Waals surface area contributed by atoms with Crippen molar-refractivity contribution in [1.29, 1.82) is 0 Å². The second kappa shape index (κ2) is 18.0. The molecule has 232 valence electrons. The van der Waals surface area contributed by atoms with E-state index in [-0.39, 0.29) is 49.1 Å². The first-order valence-electron chi connectivity index (χ1n) is 13.9. The Morgan fingerprint density at radius 1 is 0.707 bits per heavy atom. The molecule has 0 aliphatic heterocycles. The minimum Gasteiger partial charge on any atom is -0.458 e. The van der Waals surface area contributed by atoms with Gasteiger partial charge in [-0.15, -0.1) is 0 Å². The molecule has 0 saturated heterocycles. The summed E-state index contributed by atoms with van der Waals surface area (Å²) in [6.45, 7) is 14.6. The second-order valence-electron chi connectivity index (χ2n) is 10.3. The molecule has 0 heterocycles. The number of hydrogen-bond donors (Lipinski definition) is 1. The van der Waals surface area contributed by atoms with Crippen LogP contribution in [0.1, 0.15) is 73.8 Å². The zero-order valence-electron chi connectivity index (χ0n) is 25.3. The average Bonchev–Trinajstić information content (AvgIpc) is 2.90. The average molecular weight is 584 g/mol. The van der Waals surface area contributed by atoms with Gasteiger partial charge in [0.2, 0.25) is 0 Å². The van der Waals surface area contributed by atoms with Crippen molar-refractivity contribution in [3.63, 3.8) is 0 Å². The summed E-state index contributed by atoms with van der Waals surface area (Å²) in [5.74, 6) is -0.664. The molecule has 0 aliphatic carbocycles. The predicted molar refractivity (Wildman–Crippen MR) is 149 cm³/mol. The van der Waals surface area contributed by atoms with Gasteiger partial charge in [0.1, 0.15) is 18.2 Å². The van der Waals surface area contributed by atoms with E-state index in [1.807, 2.05) is 27.7 Å². The van der Waals surface area contributed by atoms with Gasteiger partial charge in [0.05, 0.1) is 19.3 Å². The molecule has 2 N–H and O–H groups in total. The molecule has 5 atom stereocenters. The SMILES string of the molecule is CCC(C)COC(=O)Oc1ccc(C[C@H](N)C(=O)O[C@@H](C)C(C)OC(=O)OC(C)C)cc1OC(=O)OCC(C)CC. The van der Waals surface area contributed by atoms with Crippen molar-refractivity contribution in [2.45, 2.75) is 99.0 Å². The largest absolute Gasteiger partial charge is 0.513 e. The van der Waals surface area contributed by atoms with E-state index in [2.05, 4.69) is 0 Å². The van der Waals surface area contributed by atoms with Gasteiger partial charge >= 0.3 is 24.4 Å². The highest BCUT2D eigenvalue weighted by molar-refractivity contribution is 5.76. The maximum atomic E-state index is 12.6. The minimum atomic E-state index is -1.11. The fourth-order valence-electron chi connectivity index (χ4n) is 2.91. The number of benzene rings is 1. The molecule has 0 bridgehead atoms. The van der Waals surface area contributed by atoms with Crippen LogP contribution in [0.5, 0.6) is 11.5 Å². The van der Waals surface area contributed by atoms with E-state index in [1.54, 1.807) is 33.8 Å². The van der Waals surface area contributed by atoms with Crippen LogP contribution in [0, 0.1) is 11.8 Å². The van der Waals surface area contributed by atoms with Crippen LogP contribution in [0.25, 0.3) is 0 Å². The van der Waals surface area contributed by atoms with Crippen LogP contribution in [-0.2, 0) is 34.9 Å². The van der Waals surface area contributed by atoms with Gasteiger partial charge in [-0.2, -0.15) is 0 Å². The van der Waals surface area contributed by atoms with Crippen LogP contribution in [0.15, 0.2) is 18.2 Å². The molecule has 0 aromatic heterocycles. The fraction of sp³-hybridized carbons (Fsp3) is 0.655. The number of carbonyl (C=O) groups excluding carboxylic acids is 4. The number of esters is 1. The molecular formula is C29H45NO11. The summed E-state index contributed by atoms with van der Waals surface area (Å²) in [5.41, 5.74) is 6.55. The van der Waals surface area contributed by atoms with Gasteiger partial charge in [0.15, 0.2) is 11.5 Å². The van der Waals surface area contributed by atoms with Crippen LogP contribution in [0.2, 0.25) is 0 Å². The highest BCUT2D eigenvalue weighted by Gasteiger charge is 2.26. The van der Waals surface area contributed by atoms with Gasteiger partial charge in [-0.05, 0) is 63.6 Å². The van der Waals surface area contributed by atoms with Crippen LogP contribution in [0.4, 0.5) is 14.4 Å². The Hall–Kier alpha value is -3.54. The third-order valence-electron chi connectivity index (χ3n) is 6.10. The molecule has 0 amide bonds. The Morgan fingerprint density at radius 3 is 1.73 bits per heavy atom. The standard InChI is InChI=1S/C29H45NO11/c1-9-18(5)15-35-27(32)40-24-12-11-22(14-25(24)41-28(33)36-16-19(6)10-2)13-23(30)26(31)38-20(7)21(8)39-29(34)37-17(3)4/h11-12,14,17-21,23H,9-10,13,15-16,30H2,1-8H3/t18?,19?,20-,21?,23-/m0/s1. The monoisotopic (exact) mass is 583 g/mol. The van der Waals surface area contributed by atoms with Crippen molar-refractivity contribution >= 4 is 24.4 Å². The zero-order chi connectivity index (χ0) is 31.1. The summed E-state index contributed by atoms with van der Waals surface area (Å²) >= 11 is 0. The fourth-order valence-corrected chi connectivity index (χ4v) is 2.91. The van der Waals surface area contributed by atoms with Crippen LogP contribution in [-0.4, -0.2) is 62.0 Å². The smallest absolute Gasteiger partial charge is 0.458 e. The van der Waals surface area contributed by atoms with E-state index in [0.29, 0.717) is 5.56 Å². The van der Waals surface area contributed by atoms with Crippen molar-refractivity contribution in [2.75, 3.05) is 13.2 Å². The molecule has 0 radical (unpaired) electrons. The van der Waals surface area contributed by atoms with Crippen molar-refractivity contribution in [1.82, 2.24) is 0 Å². The van der Waals surface area contributed by atoms with Crippen molar-refractivity contribution < 1.29 is 52.3 Å². The van der Waals surface area contributed by atoms with Crippen molar-refractivity contribution in [3.05, 3.63) is 23.8 Å². The van der Waals surface area contributed by atoms with Gasteiger partial charge in [-0.25, -0.2) is 14.4 Å². The maximum absolute atomic E-state index is 12.6. The quantitative estimate of drug-likeness (QED) is 0.156. The molecule has 12 heteroatoms. The summed E-state index contributed by atoms with van der Waals surface area (Å²) in [4.78, 5) is 48.9. The Morgan fingerprint density at radius 2 is 1.22 bits per heavy atom. The van der Waals surface area contributed by atoms with E-state index < -0.39 is 42.7 Å².